The maximum atomic E-state index is 13.8. The van der Waals surface area contributed by atoms with Crippen molar-refractivity contribution in [2.75, 3.05) is 26.2 Å². The SMILES string of the molecule is C[C@@H]1CN(Cc2c(Cl)cccc2Cl)C[C@]1(CC(=O)OC(C)(C)C)C(=O)NC1CCN(C(=O)O)CC1. The second kappa shape index (κ2) is 10.9. The van der Waals surface area contributed by atoms with Crippen molar-refractivity contribution in [3.05, 3.63) is 33.8 Å². The molecule has 1 aromatic rings. The second-order valence-electron chi connectivity index (χ2n) is 10.7. The molecule has 0 spiro atoms. The lowest BCUT2D eigenvalue weighted by Gasteiger charge is -2.36. The highest BCUT2D eigenvalue weighted by atomic mass is 35.5. The first-order valence-corrected chi connectivity index (χ1v) is 12.7. The minimum Gasteiger partial charge on any atom is -0.465 e. The molecule has 10 heteroatoms. The van der Waals surface area contributed by atoms with Gasteiger partial charge < -0.3 is 20.1 Å². The number of carbonyl (C=O) groups is 3. The molecular weight excluding hydrogens is 493 g/mol. The molecule has 194 valence electrons. The number of carboxylic acid groups (broad SMARTS) is 1. The zero-order chi connectivity index (χ0) is 26.0. The van der Waals surface area contributed by atoms with Gasteiger partial charge in [0, 0.05) is 54.4 Å². The molecule has 1 aromatic carbocycles. The Bertz CT molecular complexity index is 939. The number of likely N-dealkylation sites (tertiary alicyclic amines) is 2. The van der Waals surface area contributed by atoms with Crippen LogP contribution >= 0.6 is 23.2 Å². The summed E-state index contributed by atoms with van der Waals surface area (Å²) in [5.41, 5.74) is -0.858. The summed E-state index contributed by atoms with van der Waals surface area (Å²) in [5, 5.41) is 13.4. The van der Waals surface area contributed by atoms with Gasteiger partial charge in [-0.15, -0.1) is 0 Å². The Morgan fingerprint density at radius 1 is 1.17 bits per heavy atom. The van der Waals surface area contributed by atoms with Gasteiger partial charge in [-0.25, -0.2) is 4.79 Å². The van der Waals surface area contributed by atoms with Crippen LogP contribution in [0.3, 0.4) is 0 Å². The Hall–Kier alpha value is -2.03. The molecule has 2 atom stereocenters. The Balaban J connectivity index is 1.79. The molecule has 0 saturated carbocycles. The van der Waals surface area contributed by atoms with E-state index in [1.807, 2.05) is 6.92 Å². The number of hydrogen-bond donors (Lipinski definition) is 2. The number of piperidine rings is 1. The molecule has 2 fully saturated rings. The molecule has 2 heterocycles. The fourth-order valence-electron chi connectivity index (χ4n) is 4.99. The summed E-state index contributed by atoms with van der Waals surface area (Å²) in [5.74, 6) is -0.745. The highest BCUT2D eigenvalue weighted by Crippen LogP contribution is 2.42. The van der Waals surface area contributed by atoms with Crippen LogP contribution in [0, 0.1) is 11.3 Å². The molecule has 35 heavy (non-hydrogen) atoms. The van der Waals surface area contributed by atoms with Gasteiger partial charge in [0.05, 0.1) is 11.8 Å². The van der Waals surface area contributed by atoms with E-state index >= 15 is 0 Å². The zero-order valence-electron chi connectivity index (χ0n) is 20.8. The van der Waals surface area contributed by atoms with E-state index < -0.39 is 23.1 Å². The van der Waals surface area contributed by atoms with Gasteiger partial charge in [0.15, 0.2) is 0 Å². The van der Waals surface area contributed by atoms with Crippen LogP contribution < -0.4 is 5.32 Å². The Labute approximate surface area is 216 Å². The molecule has 2 aliphatic heterocycles. The van der Waals surface area contributed by atoms with Crippen molar-refractivity contribution in [3.8, 4) is 0 Å². The quantitative estimate of drug-likeness (QED) is 0.531. The van der Waals surface area contributed by atoms with Crippen molar-refractivity contribution in [1.82, 2.24) is 15.1 Å². The lowest BCUT2D eigenvalue weighted by molar-refractivity contribution is -0.161. The van der Waals surface area contributed by atoms with Gasteiger partial charge in [-0.1, -0.05) is 36.2 Å². The number of nitrogens with zero attached hydrogens (tertiary/aromatic N) is 2. The number of halogens is 2. The smallest absolute Gasteiger partial charge is 0.407 e. The van der Waals surface area contributed by atoms with Crippen LogP contribution in [-0.2, 0) is 20.9 Å². The average Bonchev–Trinajstić information content (AvgIpc) is 3.05. The van der Waals surface area contributed by atoms with E-state index in [1.54, 1.807) is 39.0 Å². The van der Waals surface area contributed by atoms with Crippen molar-refractivity contribution in [3.63, 3.8) is 0 Å². The van der Waals surface area contributed by atoms with E-state index in [2.05, 4.69) is 10.2 Å². The van der Waals surface area contributed by atoms with Gasteiger partial charge in [-0.3, -0.25) is 14.5 Å². The van der Waals surface area contributed by atoms with E-state index in [9.17, 15) is 19.5 Å². The average molecular weight is 528 g/mol. The highest BCUT2D eigenvalue weighted by molar-refractivity contribution is 6.35. The third-order valence-corrected chi connectivity index (χ3v) is 7.57. The topological polar surface area (TPSA) is 99.2 Å². The predicted molar refractivity (Wildman–Crippen MR) is 135 cm³/mol. The minimum atomic E-state index is -0.986. The van der Waals surface area contributed by atoms with Gasteiger partial charge in [0.2, 0.25) is 5.91 Å². The maximum absolute atomic E-state index is 13.8. The second-order valence-corrected chi connectivity index (χ2v) is 11.5. The zero-order valence-corrected chi connectivity index (χ0v) is 22.3. The molecule has 8 nitrogen and oxygen atoms in total. The normalized spacial score (nSPS) is 23.8. The van der Waals surface area contributed by atoms with Crippen LogP contribution in [-0.4, -0.2) is 70.7 Å². The molecule has 0 bridgehead atoms. The minimum absolute atomic E-state index is 0.0437. The largest absolute Gasteiger partial charge is 0.465 e. The summed E-state index contributed by atoms with van der Waals surface area (Å²) in [6, 6.07) is 5.21. The van der Waals surface area contributed by atoms with Crippen LogP contribution in [0.25, 0.3) is 0 Å². The number of amides is 2. The molecule has 2 saturated heterocycles. The third kappa shape index (κ3) is 6.80. The molecule has 0 radical (unpaired) electrons. The first kappa shape index (κ1) is 27.6. The van der Waals surface area contributed by atoms with Crippen molar-refractivity contribution < 1.29 is 24.2 Å². The molecule has 2 aliphatic rings. The summed E-state index contributed by atoms with van der Waals surface area (Å²) in [7, 11) is 0. The first-order chi connectivity index (χ1) is 16.3. The van der Waals surface area contributed by atoms with E-state index in [0.717, 1.165) is 5.56 Å². The number of nitrogens with one attached hydrogen (secondary N) is 1. The molecule has 0 aliphatic carbocycles. The van der Waals surface area contributed by atoms with E-state index in [1.165, 1.54) is 4.90 Å². The van der Waals surface area contributed by atoms with Crippen molar-refractivity contribution in [2.24, 2.45) is 11.3 Å². The molecule has 2 N–H and O–H groups in total. The lowest BCUT2D eigenvalue weighted by atomic mass is 9.75. The number of carbonyl (C=O) groups excluding carboxylic acids is 2. The van der Waals surface area contributed by atoms with Gasteiger partial charge in [0.25, 0.3) is 0 Å². The molecular formula is C25H35Cl2N3O5. The van der Waals surface area contributed by atoms with Crippen LogP contribution in [0.15, 0.2) is 18.2 Å². The van der Waals surface area contributed by atoms with Crippen LogP contribution in [0.2, 0.25) is 10.0 Å². The fraction of sp³-hybridized carbons (Fsp3) is 0.640. The summed E-state index contributed by atoms with van der Waals surface area (Å²) < 4.78 is 5.59. The van der Waals surface area contributed by atoms with Gasteiger partial charge >= 0.3 is 12.1 Å². The standard InChI is InChI=1S/C25H35Cl2N3O5/c1-16-13-29(14-18-19(26)6-5-7-20(18)27)15-25(16,12-21(31)35-24(2,3)4)22(32)28-17-8-10-30(11-9-17)23(33)34/h5-7,16-17H,8-15H2,1-4H3,(H,28,32)(H,33,34)/t16-,25+/m1/s1. The van der Waals surface area contributed by atoms with Crippen molar-refractivity contribution >= 4 is 41.2 Å². The molecule has 3 rings (SSSR count). The van der Waals surface area contributed by atoms with E-state index in [0.29, 0.717) is 55.6 Å². The summed E-state index contributed by atoms with van der Waals surface area (Å²) in [6.45, 7) is 9.53. The van der Waals surface area contributed by atoms with Gasteiger partial charge in [0.1, 0.15) is 5.60 Å². The fourth-order valence-corrected chi connectivity index (χ4v) is 5.51. The highest BCUT2D eigenvalue weighted by Gasteiger charge is 2.52. The van der Waals surface area contributed by atoms with Gasteiger partial charge in [-0.05, 0) is 51.7 Å². The predicted octanol–water partition coefficient (Wildman–Crippen LogP) is 4.42. The summed E-state index contributed by atoms with van der Waals surface area (Å²) >= 11 is 12.8. The van der Waals surface area contributed by atoms with Crippen LogP contribution in [0.5, 0.6) is 0 Å². The number of hydrogen-bond acceptors (Lipinski definition) is 5. The van der Waals surface area contributed by atoms with E-state index in [-0.39, 0.29) is 24.3 Å². The Morgan fingerprint density at radius 3 is 2.31 bits per heavy atom. The Morgan fingerprint density at radius 2 is 1.77 bits per heavy atom. The van der Waals surface area contributed by atoms with Crippen LogP contribution in [0.4, 0.5) is 4.79 Å². The lowest BCUT2D eigenvalue weighted by Crippen LogP contribution is -2.53. The summed E-state index contributed by atoms with van der Waals surface area (Å²) in [6.07, 6.45) is 0.0780. The van der Waals surface area contributed by atoms with Crippen molar-refractivity contribution in [2.45, 2.75) is 65.1 Å². The first-order valence-electron chi connectivity index (χ1n) is 12.0. The number of esters is 1. The number of ether oxygens (including phenoxy) is 1. The third-order valence-electron chi connectivity index (χ3n) is 6.86. The van der Waals surface area contributed by atoms with Gasteiger partial charge in [-0.2, -0.15) is 0 Å². The summed E-state index contributed by atoms with van der Waals surface area (Å²) in [4.78, 5) is 41.4. The molecule has 2 amide bonds. The Kier molecular flexibility index (Phi) is 8.60. The monoisotopic (exact) mass is 527 g/mol. The number of rotatable bonds is 6. The maximum Gasteiger partial charge on any atom is 0.407 e. The molecule has 0 unspecified atom stereocenters. The van der Waals surface area contributed by atoms with Crippen molar-refractivity contribution in [1.29, 1.82) is 0 Å². The van der Waals surface area contributed by atoms with Crippen LogP contribution in [0.1, 0.15) is 52.5 Å². The van der Waals surface area contributed by atoms with E-state index in [4.69, 9.17) is 27.9 Å². The number of benzene rings is 1. The molecule has 0 aromatic heterocycles.